The lowest BCUT2D eigenvalue weighted by Crippen LogP contribution is -2.40. The van der Waals surface area contributed by atoms with E-state index in [1.54, 1.807) is 6.07 Å². The van der Waals surface area contributed by atoms with Crippen molar-refractivity contribution in [2.24, 2.45) is 0 Å². The Bertz CT molecular complexity index is 1010. The SMILES string of the molecule is COc1cc(C(=O)N[C@@H](C)C(=O)OCC(=O)c2cc(C)n(C(C)C)c2C)cc(OC)c1OC. The van der Waals surface area contributed by atoms with E-state index in [2.05, 4.69) is 9.88 Å². The van der Waals surface area contributed by atoms with Crippen LogP contribution in [0.4, 0.5) is 0 Å². The molecule has 0 saturated carbocycles. The molecule has 1 amide bonds. The summed E-state index contributed by atoms with van der Waals surface area (Å²) >= 11 is 0. The smallest absolute Gasteiger partial charge is 0.328 e. The van der Waals surface area contributed by atoms with E-state index in [-0.39, 0.29) is 17.4 Å². The number of hydrogen-bond donors (Lipinski definition) is 1. The first-order valence-corrected chi connectivity index (χ1v) is 10.5. The molecule has 1 N–H and O–H groups in total. The molecule has 0 fully saturated rings. The number of nitrogens with one attached hydrogen (secondary N) is 1. The van der Waals surface area contributed by atoms with Gasteiger partial charge in [-0.25, -0.2) is 4.79 Å². The van der Waals surface area contributed by atoms with Crippen molar-refractivity contribution in [2.45, 2.75) is 46.7 Å². The molecule has 0 aliphatic carbocycles. The van der Waals surface area contributed by atoms with Crippen LogP contribution in [-0.2, 0) is 9.53 Å². The Labute approximate surface area is 194 Å². The van der Waals surface area contributed by atoms with Gasteiger partial charge in [0.15, 0.2) is 18.1 Å². The van der Waals surface area contributed by atoms with Crippen molar-refractivity contribution >= 4 is 17.7 Å². The minimum atomic E-state index is -0.979. The molecule has 0 saturated heterocycles. The first kappa shape index (κ1) is 25.8. The number of ketones is 1. The van der Waals surface area contributed by atoms with Gasteiger partial charge in [-0.2, -0.15) is 0 Å². The topological polar surface area (TPSA) is 105 Å². The molecule has 180 valence electrons. The van der Waals surface area contributed by atoms with Gasteiger partial charge in [0.25, 0.3) is 5.91 Å². The Balaban J connectivity index is 2.04. The fraction of sp³-hybridized carbons (Fsp3) is 0.458. The van der Waals surface area contributed by atoms with E-state index in [4.69, 9.17) is 18.9 Å². The number of amides is 1. The lowest BCUT2D eigenvalue weighted by Gasteiger charge is -2.16. The Morgan fingerprint density at radius 3 is 1.97 bits per heavy atom. The normalized spacial score (nSPS) is 11.7. The van der Waals surface area contributed by atoms with Gasteiger partial charge < -0.3 is 28.8 Å². The fourth-order valence-corrected chi connectivity index (χ4v) is 3.74. The van der Waals surface area contributed by atoms with Crippen LogP contribution in [0.1, 0.15) is 58.9 Å². The van der Waals surface area contributed by atoms with Crippen LogP contribution in [0.2, 0.25) is 0 Å². The van der Waals surface area contributed by atoms with Crippen LogP contribution in [0, 0.1) is 13.8 Å². The second-order valence-corrected chi connectivity index (χ2v) is 7.89. The molecule has 1 aromatic heterocycles. The van der Waals surface area contributed by atoms with Gasteiger partial charge in [-0.05, 0) is 52.8 Å². The monoisotopic (exact) mass is 460 g/mol. The van der Waals surface area contributed by atoms with Crippen LogP contribution < -0.4 is 19.5 Å². The van der Waals surface area contributed by atoms with E-state index in [1.807, 2.05) is 27.7 Å². The van der Waals surface area contributed by atoms with Crippen molar-refractivity contribution in [2.75, 3.05) is 27.9 Å². The third-order valence-electron chi connectivity index (χ3n) is 5.27. The minimum Gasteiger partial charge on any atom is -0.493 e. The lowest BCUT2D eigenvalue weighted by molar-refractivity contribution is -0.144. The van der Waals surface area contributed by atoms with Crippen LogP contribution in [-0.4, -0.2) is 56.2 Å². The molecule has 9 nitrogen and oxygen atoms in total. The highest BCUT2D eigenvalue weighted by Gasteiger charge is 2.23. The van der Waals surface area contributed by atoms with Crippen LogP contribution in [0.25, 0.3) is 0 Å². The van der Waals surface area contributed by atoms with Gasteiger partial charge in [-0.3, -0.25) is 9.59 Å². The summed E-state index contributed by atoms with van der Waals surface area (Å²) in [6.07, 6.45) is 0. The Morgan fingerprint density at radius 2 is 1.52 bits per heavy atom. The number of methoxy groups -OCH3 is 3. The van der Waals surface area contributed by atoms with E-state index in [0.29, 0.717) is 22.8 Å². The number of nitrogens with zero attached hydrogens (tertiary/aromatic N) is 1. The zero-order chi connectivity index (χ0) is 24.9. The number of aryl methyl sites for hydroxylation is 1. The van der Waals surface area contributed by atoms with Gasteiger partial charge in [-0.1, -0.05) is 0 Å². The molecule has 2 rings (SSSR count). The molecule has 0 radical (unpaired) electrons. The van der Waals surface area contributed by atoms with Crippen molar-refractivity contribution in [1.29, 1.82) is 0 Å². The standard InChI is InChI=1S/C24H32N2O7/c1-13(2)26-14(3)9-18(16(26)5)19(27)12-33-24(29)15(4)25-23(28)17-10-20(30-6)22(32-8)21(11-17)31-7/h9-11,13,15H,12H2,1-8H3,(H,25,28)/t15-/m0/s1. The number of aromatic nitrogens is 1. The zero-order valence-electron chi connectivity index (χ0n) is 20.4. The number of Topliss-reactive ketones (excluding diaryl/α,β-unsaturated/α-hetero) is 1. The van der Waals surface area contributed by atoms with Gasteiger partial charge in [-0.15, -0.1) is 0 Å². The number of rotatable bonds is 10. The third kappa shape index (κ3) is 5.66. The average Bonchev–Trinajstić information content (AvgIpc) is 3.09. The Kier molecular flexibility index (Phi) is 8.50. The summed E-state index contributed by atoms with van der Waals surface area (Å²) in [4.78, 5) is 37.7. The van der Waals surface area contributed by atoms with Crippen molar-refractivity contribution < 1.29 is 33.3 Å². The minimum absolute atomic E-state index is 0.208. The molecule has 33 heavy (non-hydrogen) atoms. The Hall–Kier alpha value is -3.49. The predicted octanol–water partition coefficient (Wildman–Crippen LogP) is 3.26. The van der Waals surface area contributed by atoms with E-state index in [9.17, 15) is 14.4 Å². The predicted molar refractivity (Wildman–Crippen MR) is 123 cm³/mol. The first-order valence-electron chi connectivity index (χ1n) is 10.5. The average molecular weight is 461 g/mol. The molecule has 0 aliphatic heterocycles. The summed E-state index contributed by atoms with van der Waals surface area (Å²) < 4.78 is 23.0. The molecule has 9 heteroatoms. The quantitative estimate of drug-likeness (QED) is 0.429. The second-order valence-electron chi connectivity index (χ2n) is 7.89. The third-order valence-corrected chi connectivity index (χ3v) is 5.27. The maximum Gasteiger partial charge on any atom is 0.328 e. The van der Waals surface area contributed by atoms with Crippen molar-refractivity contribution in [3.63, 3.8) is 0 Å². The molecule has 0 bridgehead atoms. The first-order chi connectivity index (χ1) is 15.5. The summed E-state index contributed by atoms with van der Waals surface area (Å²) in [6.45, 7) is 8.93. The number of ether oxygens (including phenoxy) is 4. The molecule has 1 heterocycles. The Morgan fingerprint density at radius 1 is 0.939 bits per heavy atom. The number of benzene rings is 1. The second kappa shape index (κ2) is 10.9. The number of carbonyl (C=O) groups excluding carboxylic acids is 3. The summed E-state index contributed by atoms with van der Waals surface area (Å²) in [5.41, 5.74) is 2.51. The highest BCUT2D eigenvalue weighted by molar-refractivity contribution is 6.00. The lowest BCUT2D eigenvalue weighted by atomic mass is 10.1. The van der Waals surface area contributed by atoms with Crippen LogP contribution in [0.3, 0.4) is 0 Å². The molecular formula is C24H32N2O7. The number of hydrogen-bond acceptors (Lipinski definition) is 7. The summed E-state index contributed by atoms with van der Waals surface area (Å²) in [7, 11) is 4.34. The molecule has 0 aliphatic rings. The van der Waals surface area contributed by atoms with E-state index in [1.165, 1.54) is 40.4 Å². The highest BCUT2D eigenvalue weighted by atomic mass is 16.5. The summed E-state index contributed by atoms with van der Waals surface area (Å²) in [5.74, 6) is -0.596. The maximum absolute atomic E-state index is 12.7. The molecule has 0 unspecified atom stereocenters. The van der Waals surface area contributed by atoms with Crippen molar-refractivity contribution in [3.05, 3.63) is 40.7 Å². The number of esters is 1. The molecular weight excluding hydrogens is 428 g/mol. The van der Waals surface area contributed by atoms with Crippen molar-refractivity contribution in [1.82, 2.24) is 9.88 Å². The summed E-state index contributed by atoms with van der Waals surface area (Å²) in [6, 6.07) is 3.97. The molecule has 2 aromatic rings. The highest BCUT2D eigenvalue weighted by Crippen LogP contribution is 2.38. The van der Waals surface area contributed by atoms with Crippen LogP contribution >= 0.6 is 0 Å². The van der Waals surface area contributed by atoms with E-state index >= 15 is 0 Å². The summed E-state index contributed by atoms with van der Waals surface area (Å²) in [5, 5.41) is 2.56. The van der Waals surface area contributed by atoms with Crippen LogP contribution in [0.5, 0.6) is 17.2 Å². The van der Waals surface area contributed by atoms with Crippen molar-refractivity contribution in [3.8, 4) is 17.2 Å². The maximum atomic E-state index is 12.7. The zero-order valence-corrected chi connectivity index (χ0v) is 20.4. The molecule has 0 spiro atoms. The largest absolute Gasteiger partial charge is 0.493 e. The van der Waals surface area contributed by atoms with E-state index < -0.39 is 24.5 Å². The van der Waals surface area contributed by atoms with Gasteiger partial charge in [0, 0.05) is 28.6 Å². The van der Waals surface area contributed by atoms with E-state index in [0.717, 1.165) is 11.4 Å². The fourth-order valence-electron chi connectivity index (χ4n) is 3.74. The van der Waals surface area contributed by atoms with Gasteiger partial charge in [0.2, 0.25) is 11.5 Å². The number of carbonyl (C=O) groups is 3. The van der Waals surface area contributed by atoms with Gasteiger partial charge in [0.1, 0.15) is 6.04 Å². The van der Waals surface area contributed by atoms with Crippen LogP contribution in [0.15, 0.2) is 18.2 Å². The van der Waals surface area contributed by atoms with Gasteiger partial charge in [0.05, 0.1) is 21.3 Å². The van der Waals surface area contributed by atoms with Gasteiger partial charge >= 0.3 is 5.97 Å². The molecule has 1 atom stereocenters. The molecule has 1 aromatic carbocycles.